The Labute approximate surface area is 142 Å². The number of hydrogen-bond donors (Lipinski definition) is 2. The fourth-order valence-corrected chi connectivity index (χ4v) is 3.32. The van der Waals surface area contributed by atoms with Gasteiger partial charge in [0.2, 0.25) is 5.91 Å². The van der Waals surface area contributed by atoms with Crippen molar-refractivity contribution >= 4 is 37.5 Å². The van der Waals surface area contributed by atoms with Crippen LogP contribution in [0.3, 0.4) is 0 Å². The zero-order valence-electron chi connectivity index (χ0n) is 12.5. The van der Waals surface area contributed by atoms with Crippen molar-refractivity contribution < 1.29 is 17.9 Å². The van der Waals surface area contributed by atoms with Gasteiger partial charge in [0.25, 0.3) is 10.0 Å². The van der Waals surface area contributed by atoms with Crippen molar-refractivity contribution in [3.63, 3.8) is 0 Å². The van der Waals surface area contributed by atoms with Crippen LogP contribution in [0.2, 0.25) is 0 Å². The van der Waals surface area contributed by atoms with E-state index in [1.54, 1.807) is 13.0 Å². The van der Waals surface area contributed by atoms with Gasteiger partial charge in [0.15, 0.2) is 0 Å². The second-order valence-corrected chi connectivity index (χ2v) is 7.33. The Kier molecular flexibility index (Phi) is 4.96. The Bertz CT molecular complexity index is 866. The number of carbonyl (C=O) groups is 1. The number of ether oxygens (including phenoxy) is 1. The van der Waals surface area contributed by atoms with Crippen LogP contribution in [0.5, 0.6) is 5.75 Å². The van der Waals surface area contributed by atoms with E-state index in [1.807, 2.05) is 0 Å². The van der Waals surface area contributed by atoms with Crippen LogP contribution >= 0.6 is 15.9 Å². The smallest absolute Gasteiger partial charge is 0.262 e. The first-order valence-corrected chi connectivity index (χ1v) is 8.79. The van der Waals surface area contributed by atoms with Crippen LogP contribution in [-0.2, 0) is 10.0 Å². The lowest BCUT2D eigenvalue weighted by Crippen LogP contribution is -2.16. The highest BCUT2D eigenvalue weighted by atomic mass is 79.9. The van der Waals surface area contributed by atoms with Crippen LogP contribution in [-0.4, -0.2) is 21.4 Å². The molecule has 8 heteroatoms. The number of halogens is 1. The van der Waals surface area contributed by atoms with Crippen molar-refractivity contribution in [2.75, 3.05) is 11.8 Å². The van der Waals surface area contributed by atoms with Gasteiger partial charge in [0, 0.05) is 10.0 Å². The summed E-state index contributed by atoms with van der Waals surface area (Å²) >= 11 is 3.32. The molecule has 0 bridgehead atoms. The molecule has 0 fully saturated rings. The molecule has 0 heterocycles. The molecule has 6 nitrogen and oxygen atoms in total. The Morgan fingerprint density at radius 1 is 1.22 bits per heavy atom. The second-order valence-electron chi connectivity index (χ2n) is 4.80. The van der Waals surface area contributed by atoms with E-state index in [2.05, 4.69) is 20.7 Å². The summed E-state index contributed by atoms with van der Waals surface area (Å²) in [5.41, 5.74) is 6.33. The maximum Gasteiger partial charge on any atom is 0.262 e. The largest absolute Gasteiger partial charge is 0.495 e. The standard InChI is InChI=1S/C15H15BrN2O4S/c1-9-7-11(4-5-12(9)16)23(20,21)18-13-8-10(15(17)19)3-6-14(13)22-2/h3-8,18H,1-2H3,(H2,17,19). The molecule has 2 rings (SSSR count). The minimum atomic E-state index is -3.83. The molecule has 0 aromatic heterocycles. The highest BCUT2D eigenvalue weighted by molar-refractivity contribution is 9.10. The molecule has 0 atom stereocenters. The molecular formula is C15H15BrN2O4S. The normalized spacial score (nSPS) is 11.1. The average Bonchev–Trinajstić information content (AvgIpc) is 2.49. The molecule has 122 valence electrons. The second kappa shape index (κ2) is 6.59. The zero-order chi connectivity index (χ0) is 17.2. The predicted molar refractivity (Wildman–Crippen MR) is 91.2 cm³/mol. The van der Waals surface area contributed by atoms with E-state index >= 15 is 0 Å². The maximum atomic E-state index is 12.5. The number of methoxy groups -OCH3 is 1. The molecule has 1 amide bonds. The van der Waals surface area contributed by atoms with Crippen molar-refractivity contribution in [1.82, 2.24) is 0 Å². The van der Waals surface area contributed by atoms with Gasteiger partial charge < -0.3 is 10.5 Å². The Morgan fingerprint density at radius 3 is 2.48 bits per heavy atom. The monoisotopic (exact) mass is 398 g/mol. The Morgan fingerprint density at radius 2 is 1.91 bits per heavy atom. The lowest BCUT2D eigenvalue weighted by molar-refractivity contribution is 0.100. The lowest BCUT2D eigenvalue weighted by atomic mass is 10.2. The summed E-state index contributed by atoms with van der Waals surface area (Å²) in [4.78, 5) is 11.4. The van der Waals surface area contributed by atoms with Gasteiger partial charge in [0.1, 0.15) is 5.75 Å². The van der Waals surface area contributed by atoms with Crippen molar-refractivity contribution in [1.29, 1.82) is 0 Å². The topological polar surface area (TPSA) is 98.5 Å². The third-order valence-electron chi connectivity index (χ3n) is 3.17. The third-order valence-corrected chi connectivity index (χ3v) is 5.42. The van der Waals surface area contributed by atoms with Crippen molar-refractivity contribution in [3.05, 3.63) is 52.0 Å². The van der Waals surface area contributed by atoms with Gasteiger partial charge in [-0.1, -0.05) is 15.9 Å². The molecule has 3 N–H and O–H groups in total. The van der Waals surface area contributed by atoms with E-state index < -0.39 is 15.9 Å². The molecule has 0 aliphatic carbocycles. The molecule has 23 heavy (non-hydrogen) atoms. The number of hydrogen-bond acceptors (Lipinski definition) is 4. The van der Waals surface area contributed by atoms with Gasteiger partial charge in [-0.15, -0.1) is 0 Å². The average molecular weight is 399 g/mol. The number of amides is 1. The summed E-state index contributed by atoms with van der Waals surface area (Å²) in [5.74, 6) is -0.375. The van der Waals surface area contributed by atoms with Crippen molar-refractivity contribution in [2.24, 2.45) is 5.73 Å². The van der Waals surface area contributed by atoms with Crippen LogP contribution in [0.4, 0.5) is 5.69 Å². The summed E-state index contributed by atoms with van der Waals surface area (Å²) in [7, 11) is -2.43. The Balaban J connectivity index is 2.45. The van der Waals surface area contributed by atoms with E-state index in [0.29, 0.717) is 0 Å². The van der Waals surface area contributed by atoms with Gasteiger partial charge in [0.05, 0.1) is 17.7 Å². The van der Waals surface area contributed by atoms with E-state index in [0.717, 1.165) is 10.0 Å². The number of benzene rings is 2. The molecule has 0 radical (unpaired) electrons. The number of nitrogens with one attached hydrogen (secondary N) is 1. The number of primary amides is 1. The SMILES string of the molecule is COc1ccc(C(N)=O)cc1NS(=O)(=O)c1ccc(Br)c(C)c1. The van der Waals surface area contributed by atoms with E-state index in [4.69, 9.17) is 10.5 Å². The number of anilines is 1. The molecule has 0 saturated heterocycles. The van der Waals surface area contributed by atoms with Gasteiger partial charge in [-0.25, -0.2) is 8.42 Å². The minimum absolute atomic E-state index is 0.102. The molecule has 0 saturated carbocycles. The third kappa shape index (κ3) is 3.83. The molecule has 0 spiro atoms. The highest BCUT2D eigenvalue weighted by Crippen LogP contribution is 2.29. The van der Waals surface area contributed by atoms with Crippen LogP contribution in [0, 0.1) is 6.92 Å². The zero-order valence-corrected chi connectivity index (χ0v) is 14.9. The number of rotatable bonds is 5. The fourth-order valence-electron chi connectivity index (χ4n) is 1.93. The summed E-state index contributed by atoms with van der Waals surface area (Å²) < 4.78 is 33.4. The molecule has 0 aliphatic heterocycles. The van der Waals surface area contributed by atoms with Crippen LogP contribution in [0.25, 0.3) is 0 Å². The van der Waals surface area contributed by atoms with Gasteiger partial charge >= 0.3 is 0 Å². The maximum absolute atomic E-state index is 12.5. The van der Waals surface area contributed by atoms with Crippen LogP contribution in [0.15, 0.2) is 45.8 Å². The van der Waals surface area contributed by atoms with Crippen LogP contribution in [0.1, 0.15) is 15.9 Å². The molecular weight excluding hydrogens is 384 g/mol. The Hall–Kier alpha value is -2.06. The van der Waals surface area contributed by atoms with E-state index in [-0.39, 0.29) is 21.9 Å². The van der Waals surface area contributed by atoms with Gasteiger partial charge in [-0.3, -0.25) is 9.52 Å². The van der Waals surface area contributed by atoms with Crippen molar-refractivity contribution in [3.8, 4) is 5.75 Å². The van der Waals surface area contributed by atoms with Gasteiger partial charge in [-0.05, 0) is 48.9 Å². The minimum Gasteiger partial charge on any atom is -0.495 e. The molecule has 2 aromatic carbocycles. The molecule has 0 aliphatic rings. The first-order chi connectivity index (χ1) is 10.7. The van der Waals surface area contributed by atoms with E-state index in [9.17, 15) is 13.2 Å². The summed E-state index contributed by atoms with van der Waals surface area (Å²) in [6.45, 7) is 1.79. The number of sulfonamides is 1. The van der Waals surface area contributed by atoms with Gasteiger partial charge in [-0.2, -0.15) is 0 Å². The highest BCUT2D eigenvalue weighted by Gasteiger charge is 2.18. The van der Waals surface area contributed by atoms with Crippen LogP contribution < -0.4 is 15.2 Å². The predicted octanol–water partition coefficient (Wildman–Crippen LogP) is 2.67. The first kappa shape index (κ1) is 17.3. The summed E-state index contributed by atoms with van der Waals surface area (Å²) in [6, 6.07) is 8.94. The first-order valence-electron chi connectivity index (χ1n) is 6.51. The van der Waals surface area contributed by atoms with E-state index in [1.165, 1.54) is 37.4 Å². The fraction of sp³-hybridized carbons (Fsp3) is 0.133. The molecule has 0 unspecified atom stereocenters. The van der Waals surface area contributed by atoms with Crippen molar-refractivity contribution in [2.45, 2.75) is 11.8 Å². The lowest BCUT2D eigenvalue weighted by Gasteiger charge is -2.13. The number of carbonyl (C=O) groups excluding carboxylic acids is 1. The summed E-state index contributed by atoms with van der Waals surface area (Å²) in [6.07, 6.45) is 0. The summed E-state index contributed by atoms with van der Waals surface area (Å²) in [5, 5.41) is 0. The number of nitrogens with two attached hydrogens (primary N) is 1. The molecule has 2 aromatic rings. The number of aryl methyl sites for hydroxylation is 1. The quantitative estimate of drug-likeness (QED) is 0.808.